The van der Waals surface area contributed by atoms with Crippen LogP contribution in [0.3, 0.4) is 0 Å². The standard InChI is InChI=1S/C16H23N5O/c1-3-16(17,4-2)10-19-15(22)14-8-6-5-7-13(14)9-21-12-18-11-20-21/h5-8,11-12H,3-4,9-10,17H2,1-2H3,(H,19,22). The highest BCUT2D eigenvalue weighted by Gasteiger charge is 2.21. The molecule has 6 nitrogen and oxygen atoms in total. The normalized spacial score (nSPS) is 11.4. The van der Waals surface area contributed by atoms with Crippen LogP contribution < -0.4 is 11.1 Å². The lowest BCUT2D eigenvalue weighted by molar-refractivity contribution is 0.0941. The van der Waals surface area contributed by atoms with E-state index in [9.17, 15) is 4.79 Å². The lowest BCUT2D eigenvalue weighted by Gasteiger charge is -2.27. The maximum Gasteiger partial charge on any atom is 0.251 e. The van der Waals surface area contributed by atoms with E-state index in [0.29, 0.717) is 18.7 Å². The molecule has 0 bridgehead atoms. The second-order valence-electron chi connectivity index (χ2n) is 5.50. The van der Waals surface area contributed by atoms with Gasteiger partial charge in [0, 0.05) is 17.6 Å². The van der Waals surface area contributed by atoms with Gasteiger partial charge in [-0.25, -0.2) is 9.67 Å². The van der Waals surface area contributed by atoms with Gasteiger partial charge < -0.3 is 11.1 Å². The van der Waals surface area contributed by atoms with Crippen molar-refractivity contribution in [1.82, 2.24) is 20.1 Å². The number of amides is 1. The fraction of sp³-hybridized carbons (Fsp3) is 0.438. The number of nitrogens with zero attached hydrogens (tertiary/aromatic N) is 3. The molecule has 0 saturated carbocycles. The Balaban J connectivity index is 2.09. The summed E-state index contributed by atoms with van der Waals surface area (Å²) in [7, 11) is 0. The molecule has 0 aliphatic heterocycles. The fourth-order valence-electron chi connectivity index (χ4n) is 2.22. The van der Waals surface area contributed by atoms with E-state index in [1.807, 2.05) is 38.1 Å². The highest BCUT2D eigenvalue weighted by atomic mass is 16.1. The first kappa shape index (κ1) is 16.2. The third kappa shape index (κ3) is 3.92. The molecule has 0 unspecified atom stereocenters. The Morgan fingerprint density at radius 3 is 2.68 bits per heavy atom. The third-order valence-corrected chi connectivity index (χ3v) is 4.07. The smallest absolute Gasteiger partial charge is 0.251 e. The van der Waals surface area contributed by atoms with Crippen LogP contribution in [0, 0.1) is 0 Å². The van der Waals surface area contributed by atoms with Crippen molar-refractivity contribution in [1.29, 1.82) is 0 Å². The highest BCUT2D eigenvalue weighted by molar-refractivity contribution is 5.95. The predicted molar refractivity (Wildman–Crippen MR) is 85.4 cm³/mol. The average molecular weight is 301 g/mol. The largest absolute Gasteiger partial charge is 0.350 e. The van der Waals surface area contributed by atoms with Crippen molar-refractivity contribution in [2.45, 2.75) is 38.8 Å². The van der Waals surface area contributed by atoms with Crippen LogP contribution in [0.2, 0.25) is 0 Å². The highest BCUT2D eigenvalue weighted by Crippen LogP contribution is 2.12. The number of carbonyl (C=O) groups excluding carboxylic acids is 1. The van der Waals surface area contributed by atoms with Gasteiger partial charge in [0.1, 0.15) is 12.7 Å². The van der Waals surface area contributed by atoms with E-state index in [1.54, 1.807) is 11.0 Å². The van der Waals surface area contributed by atoms with Gasteiger partial charge in [0.25, 0.3) is 5.91 Å². The summed E-state index contributed by atoms with van der Waals surface area (Å²) in [6.45, 7) is 5.05. The molecule has 0 atom stereocenters. The minimum absolute atomic E-state index is 0.104. The molecule has 6 heteroatoms. The number of rotatable bonds is 7. The molecule has 0 fully saturated rings. The van der Waals surface area contributed by atoms with Crippen LogP contribution in [0.1, 0.15) is 42.6 Å². The van der Waals surface area contributed by atoms with Crippen molar-refractivity contribution in [2.75, 3.05) is 6.54 Å². The molecule has 1 heterocycles. The van der Waals surface area contributed by atoms with Gasteiger partial charge in [-0.1, -0.05) is 32.0 Å². The van der Waals surface area contributed by atoms with Crippen LogP contribution in [0.25, 0.3) is 0 Å². The monoisotopic (exact) mass is 301 g/mol. The second-order valence-corrected chi connectivity index (χ2v) is 5.50. The molecule has 0 spiro atoms. The lowest BCUT2D eigenvalue weighted by Crippen LogP contribution is -2.49. The van der Waals surface area contributed by atoms with Gasteiger partial charge in [-0.2, -0.15) is 5.10 Å². The predicted octanol–water partition coefficient (Wildman–Crippen LogP) is 1.57. The van der Waals surface area contributed by atoms with E-state index in [2.05, 4.69) is 15.4 Å². The zero-order valence-electron chi connectivity index (χ0n) is 13.1. The van der Waals surface area contributed by atoms with Gasteiger partial charge in [0.15, 0.2) is 0 Å². The molecule has 1 aromatic carbocycles. The molecule has 2 aromatic rings. The first-order valence-corrected chi connectivity index (χ1v) is 7.55. The summed E-state index contributed by atoms with van der Waals surface area (Å²) in [5.41, 5.74) is 7.43. The van der Waals surface area contributed by atoms with Gasteiger partial charge in [-0.05, 0) is 24.5 Å². The molecule has 0 saturated heterocycles. The van der Waals surface area contributed by atoms with E-state index in [-0.39, 0.29) is 11.4 Å². The quantitative estimate of drug-likeness (QED) is 0.813. The van der Waals surface area contributed by atoms with Gasteiger partial charge in [-0.3, -0.25) is 4.79 Å². The molecule has 3 N–H and O–H groups in total. The number of aromatic nitrogens is 3. The minimum atomic E-state index is -0.351. The molecule has 0 radical (unpaired) electrons. The molecule has 1 amide bonds. The van der Waals surface area contributed by atoms with Crippen molar-refractivity contribution in [2.24, 2.45) is 5.73 Å². The molecule has 0 aliphatic carbocycles. The number of benzene rings is 1. The van der Waals surface area contributed by atoms with Gasteiger partial charge >= 0.3 is 0 Å². The summed E-state index contributed by atoms with van der Waals surface area (Å²) in [6.07, 6.45) is 4.76. The fourth-order valence-corrected chi connectivity index (χ4v) is 2.22. The van der Waals surface area contributed by atoms with Crippen LogP contribution in [0.15, 0.2) is 36.9 Å². The topological polar surface area (TPSA) is 85.8 Å². The molecule has 0 aliphatic rings. The van der Waals surface area contributed by atoms with E-state index < -0.39 is 0 Å². The zero-order chi connectivity index (χ0) is 16.0. The number of nitrogens with two attached hydrogens (primary N) is 1. The summed E-state index contributed by atoms with van der Waals surface area (Å²) in [5.74, 6) is -0.104. The number of hydrogen-bond acceptors (Lipinski definition) is 4. The summed E-state index contributed by atoms with van der Waals surface area (Å²) in [4.78, 5) is 16.4. The van der Waals surface area contributed by atoms with E-state index >= 15 is 0 Å². The first-order valence-electron chi connectivity index (χ1n) is 7.55. The Morgan fingerprint density at radius 2 is 2.05 bits per heavy atom. The molecule has 2 rings (SSSR count). The van der Waals surface area contributed by atoms with Crippen molar-refractivity contribution < 1.29 is 4.79 Å². The van der Waals surface area contributed by atoms with Gasteiger partial charge in [-0.15, -0.1) is 0 Å². The number of hydrogen-bond donors (Lipinski definition) is 2. The lowest BCUT2D eigenvalue weighted by atomic mass is 9.94. The van der Waals surface area contributed by atoms with Gasteiger partial charge in [0.05, 0.1) is 6.54 Å². The van der Waals surface area contributed by atoms with Crippen molar-refractivity contribution in [3.05, 3.63) is 48.0 Å². The third-order valence-electron chi connectivity index (χ3n) is 4.07. The van der Waals surface area contributed by atoms with Crippen molar-refractivity contribution in [3.8, 4) is 0 Å². The van der Waals surface area contributed by atoms with Crippen LogP contribution >= 0.6 is 0 Å². The van der Waals surface area contributed by atoms with E-state index in [1.165, 1.54) is 6.33 Å². The van der Waals surface area contributed by atoms with Crippen molar-refractivity contribution >= 4 is 5.91 Å². The maximum atomic E-state index is 12.5. The Bertz CT molecular complexity index is 605. The van der Waals surface area contributed by atoms with E-state index in [4.69, 9.17) is 5.73 Å². The SMILES string of the molecule is CCC(N)(CC)CNC(=O)c1ccccc1Cn1cncn1. The second kappa shape index (κ2) is 7.17. The molecule has 1 aromatic heterocycles. The van der Waals surface area contributed by atoms with Crippen LogP contribution in [-0.4, -0.2) is 32.8 Å². The summed E-state index contributed by atoms with van der Waals surface area (Å²) in [5, 5.41) is 7.03. The molecule has 118 valence electrons. The number of carbonyl (C=O) groups is 1. The molecular formula is C16H23N5O. The van der Waals surface area contributed by atoms with Gasteiger partial charge in [0.2, 0.25) is 0 Å². The maximum absolute atomic E-state index is 12.5. The Kier molecular flexibility index (Phi) is 5.27. The van der Waals surface area contributed by atoms with Crippen LogP contribution in [0.5, 0.6) is 0 Å². The average Bonchev–Trinajstić information content (AvgIpc) is 3.06. The van der Waals surface area contributed by atoms with Crippen molar-refractivity contribution in [3.63, 3.8) is 0 Å². The number of nitrogens with one attached hydrogen (secondary N) is 1. The minimum Gasteiger partial charge on any atom is -0.350 e. The summed E-state index contributed by atoms with van der Waals surface area (Å²) in [6, 6.07) is 7.51. The molecular weight excluding hydrogens is 278 g/mol. The first-order chi connectivity index (χ1) is 10.6. The molecule has 22 heavy (non-hydrogen) atoms. The Labute approximate surface area is 130 Å². The Hall–Kier alpha value is -2.21. The summed E-state index contributed by atoms with van der Waals surface area (Å²) >= 11 is 0. The van der Waals surface area contributed by atoms with Crippen LogP contribution in [0.4, 0.5) is 0 Å². The summed E-state index contributed by atoms with van der Waals surface area (Å²) < 4.78 is 1.69. The van der Waals surface area contributed by atoms with Crippen LogP contribution in [-0.2, 0) is 6.54 Å². The Morgan fingerprint density at radius 1 is 1.32 bits per heavy atom. The van der Waals surface area contributed by atoms with E-state index in [0.717, 1.165) is 18.4 Å². The zero-order valence-corrected chi connectivity index (χ0v) is 13.1.